The van der Waals surface area contributed by atoms with Crippen molar-refractivity contribution in [1.29, 1.82) is 0 Å². The predicted molar refractivity (Wildman–Crippen MR) is 114 cm³/mol. The number of imidazole rings is 1. The molecule has 29 heavy (non-hydrogen) atoms. The van der Waals surface area contributed by atoms with E-state index in [1.165, 1.54) is 0 Å². The number of fused-ring (bicyclic) bond motifs is 3. The summed E-state index contributed by atoms with van der Waals surface area (Å²) in [5, 5.41) is 22.2. The van der Waals surface area contributed by atoms with Gasteiger partial charge in [-0.1, -0.05) is 18.2 Å². The first-order valence-corrected chi connectivity index (χ1v) is 9.44. The van der Waals surface area contributed by atoms with Crippen LogP contribution in [-0.2, 0) is 0 Å². The monoisotopic (exact) mass is 392 g/mol. The predicted octanol–water partition coefficient (Wildman–Crippen LogP) is 2.43. The highest BCUT2D eigenvalue weighted by molar-refractivity contribution is 5.85. The summed E-state index contributed by atoms with van der Waals surface area (Å²) in [4.78, 5) is 15.6. The van der Waals surface area contributed by atoms with Gasteiger partial charge in [-0.25, -0.2) is 15.0 Å². The minimum absolute atomic E-state index is 0.279. The Labute approximate surface area is 168 Å². The molecule has 0 amide bonds. The highest BCUT2D eigenvalue weighted by Crippen LogP contribution is 2.28. The normalized spacial score (nSPS) is 12.4. The number of para-hydroxylation sites is 1. The molecule has 3 aromatic heterocycles. The summed E-state index contributed by atoms with van der Waals surface area (Å²) in [6, 6.07) is 9.91. The maximum atomic E-state index is 9.71. The summed E-state index contributed by atoms with van der Waals surface area (Å²) in [7, 11) is 1.82. The first kappa shape index (κ1) is 19.1. The average molecular weight is 392 g/mol. The Hall–Kier alpha value is -3.23. The number of nitrogens with one attached hydrogen (secondary N) is 1. The second-order valence-corrected chi connectivity index (χ2v) is 7.23. The molecular weight excluding hydrogens is 368 g/mol. The van der Waals surface area contributed by atoms with Gasteiger partial charge in [0.15, 0.2) is 11.5 Å². The third-order valence-corrected chi connectivity index (χ3v) is 4.99. The molecule has 0 radical (unpaired) electrons. The van der Waals surface area contributed by atoms with Crippen LogP contribution in [0.25, 0.3) is 16.7 Å². The van der Waals surface area contributed by atoms with Crippen molar-refractivity contribution in [2.24, 2.45) is 0 Å². The van der Waals surface area contributed by atoms with Gasteiger partial charge in [-0.2, -0.15) is 0 Å². The number of aliphatic hydroxyl groups is 2. The van der Waals surface area contributed by atoms with Crippen molar-refractivity contribution in [3.63, 3.8) is 0 Å². The minimum atomic E-state index is -0.826. The molecule has 0 aliphatic rings. The van der Waals surface area contributed by atoms with E-state index >= 15 is 0 Å². The van der Waals surface area contributed by atoms with Crippen LogP contribution in [0.15, 0.2) is 42.9 Å². The number of aryl methyl sites for hydroxylation is 2. The molecule has 1 aromatic carbocycles. The van der Waals surface area contributed by atoms with Gasteiger partial charge in [0.2, 0.25) is 0 Å². The van der Waals surface area contributed by atoms with E-state index in [9.17, 15) is 5.11 Å². The molecule has 0 spiro atoms. The van der Waals surface area contributed by atoms with Gasteiger partial charge in [-0.3, -0.25) is 4.40 Å². The van der Waals surface area contributed by atoms with E-state index in [0.29, 0.717) is 17.3 Å². The average Bonchev–Trinajstić information content (AvgIpc) is 3.20. The number of likely N-dealkylation sites (N-methyl/N-ethyl adjacent to an activating group) is 1. The first-order valence-electron chi connectivity index (χ1n) is 9.44. The fourth-order valence-corrected chi connectivity index (χ4v) is 3.41. The van der Waals surface area contributed by atoms with Crippen LogP contribution in [0, 0.1) is 13.8 Å². The standard InChI is InChI=1S/C21H24N6O2/c1-13-5-4-6-14(2)19(13)25-20-17-9-22-12-27(17)21-16(23-20)7-8-18(24-21)26(3)10-15(29)11-28/h4-9,12,15,28-29H,10-11H2,1-3H3,(H,23,25)/t15-/m0/s1. The number of anilines is 3. The number of hydrogen-bond acceptors (Lipinski definition) is 7. The SMILES string of the molecule is Cc1cccc(C)c1Nc1nc2ccc(N(C)C[C@H](O)CO)nc2n2cncc12. The highest BCUT2D eigenvalue weighted by atomic mass is 16.3. The Bertz CT molecular complexity index is 1150. The quantitative estimate of drug-likeness (QED) is 0.463. The molecular formula is C21H24N6O2. The number of aromatic nitrogens is 4. The molecule has 0 saturated heterocycles. The van der Waals surface area contributed by atoms with Crippen molar-refractivity contribution >= 4 is 34.0 Å². The molecule has 8 nitrogen and oxygen atoms in total. The summed E-state index contributed by atoms with van der Waals surface area (Å²) < 4.78 is 1.90. The van der Waals surface area contributed by atoms with E-state index in [1.807, 2.05) is 29.6 Å². The topological polar surface area (TPSA) is 98.8 Å². The van der Waals surface area contributed by atoms with Crippen LogP contribution in [0.1, 0.15) is 11.1 Å². The lowest BCUT2D eigenvalue weighted by Gasteiger charge is -2.21. The van der Waals surface area contributed by atoms with E-state index in [-0.39, 0.29) is 13.2 Å². The molecule has 0 fully saturated rings. The molecule has 4 aromatic rings. The fourth-order valence-electron chi connectivity index (χ4n) is 3.41. The second kappa shape index (κ2) is 7.65. The van der Waals surface area contributed by atoms with Crippen molar-refractivity contribution in [1.82, 2.24) is 19.4 Å². The summed E-state index contributed by atoms with van der Waals surface area (Å²) in [6.45, 7) is 4.11. The van der Waals surface area contributed by atoms with Gasteiger partial charge in [-0.15, -0.1) is 0 Å². The largest absolute Gasteiger partial charge is 0.394 e. The molecule has 1 atom stereocenters. The smallest absolute Gasteiger partial charge is 0.166 e. The zero-order chi connectivity index (χ0) is 20.5. The van der Waals surface area contributed by atoms with Crippen LogP contribution < -0.4 is 10.2 Å². The van der Waals surface area contributed by atoms with Crippen LogP contribution in [0.2, 0.25) is 0 Å². The number of rotatable bonds is 6. The van der Waals surface area contributed by atoms with Gasteiger partial charge in [0.25, 0.3) is 0 Å². The molecule has 0 saturated carbocycles. The molecule has 150 valence electrons. The summed E-state index contributed by atoms with van der Waals surface area (Å²) >= 11 is 0. The summed E-state index contributed by atoms with van der Waals surface area (Å²) in [5.74, 6) is 1.39. The number of pyridine rings is 1. The maximum Gasteiger partial charge on any atom is 0.166 e. The fraction of sp³-hybridized carbons (Fsp3) is 0.286. The Morgan fingerprint density at radius 3 is 2.62 bits per heavy atom. The number of nitrogens with zero attached hydrogens (tertiary/aromatic N) is 5. The molecule has 0 unspecified atom stereocenters. The van der Waals surface area contributed by atoms with E-state index in [1.54, 1.807) is 17.4 Å². The highest BCUT2D eigenvalue weighted by Gasteiger charge is 2.15. The molecule has 3 N–H and O–H groups in total. The van der Waals surface area contributed by atoms with E-state index < -0.39 is 6.10 Å². The second-order valence-electron chi connectivity index (χ2n) is 7.23. The minimum Gasteiger partial charge on any atom is -0.394 e. The van der Waals surface area contributed by atoms with Crippen LogP contribution in [0.4, 0.5) is 17.3 Å². The van der Waals surface area contributed by atoms with E-state index in [4.69, 9.17) is 15.1 Å². The van der Waals surface area contributed by atoms with Crippen molar-refractivity contribution in [2.45, 2.75) is 20.0 Å². The molecule has 4 rings (SSSR count). The van der Waals surface area contributed by atoms with Gasteiger partial charge >= 0.3 is 0 Å². The number of aliphatic hydroxyl groups excluding tert-OH is 2. The lowest BCUT2D eigenvalue weighted by Crippen LogP contribution is -2.31. The third-order valence-electron chi connectivity index (χ3n) is 4.99. The lowest BCUT2D eigenvalue weighted by molar-refractivity contribution is 0.101. The first-order chi connectivity index (χ1) is 14.0. The molecule has 8 heteroatoms. The van der Waals surface area contributed by atoms with Crippen molar-refractivity contribution < 1.29 is 10.2 Å². The van der Waals surface area contributed by atoms with Gasteiger partial charge in [0.05, 0.1) is 18.9 Å². The van der Waals surface area contributed by atoms with Gasteiger partial charge in [-0.05, 0) is 37.1 Å². The van der Waals surface area contributed by atoms with Gasteiger partial charge in [0, 0.05) is 19.3 Å². The number of benzene rings is 1. The maximum absolute atomic E-state index is 9.71. The lowest BCUT2D eigenvalue weighted by atomic mass is 10.1. The van der Waals surface area contributed by atoms with Crippen molar-refractivity contribution in [2.75, 3.05) is 30.4 Å². The van der Waals surface area contributed by atoms with E-state index in [2.05, 4.69) is 36.3 Å². The van der Waals surface area contributed by atoms with E-state index in [0.717, 1.165) is 27.8 Å². The number of hydrogen-bond donors (Lipinski definition) is 3. The van der Waals surface area contributed by atoms with Gasteiger partial charge in [0.1, 0.15) is 23.2 Å². The van der Waals surface area contributed by atoms with Crippen LogP contribution >= 0.6 is 0 Å². The van der Waals surface area contributed by atoms with Crippen LogP contribution in [0.5, 0.6) is 0 Å². The van der Waals surface area contributed by atoms with Crippen LogP contribution in [-0.4, -0.2) is 55.9 Å². The van der Waals surface area contributed by atoms with Crippen LogP contribution in [0.3, 0.4) is 0 Å². The molecule has 3 heterocycles. The Morgan fingerprint density at radius 1 is 1.14 bits per heavy atom. The van der Waals surface area contributed by atoms with Crippen molar-refractivity contribution in [3.8, 4) is 0 Å². The zero-order valence-electron chi connectivity index (χ0n) is 16.7. The summed E-state index contributed by atoms with van der Waals surface area (Å²) in [5.41, 5.74) is 5.54. The molecule has 0 aliphatic heterocycles. The van der Waals surface area contributed by atoms with Gasteiger partial charge < -0.3 is 20.4 Å². The Kier molecular flexibility index (Phi) is 5.04. The molecule has 0 bridgehead atoms. The van der Waals surface area contributed by atoms with Crippen molar-refractivity contribution in [3.05, 3.63) is 54.0 Å². The Morgan fingerprint density at radius 2 is 1.90 bits per heavy atom. The Balaban J connectivity index is 1.79. The third kappa shape index (κ3) is 3.59. The zero-order valence-corrected chi connectivity index (χ0v) is 16.7. The summed E-state index contributed by atoms with van der Waals surface area (Å²) in [6.07, 6.45) is 2.65. The molecule has 0 aliphatic carbocycles.